The van der Waals surface area contributed by atoms with Crippen LogP contribution in [0.25, 0.3) is 44.5 Å². The lowest BCUT2D eigenvalue weighted by Gasteiger charge is -2.27. The summed E-state index contributed by atoms with van der Waals surface area (Å²) in [7, 11) is -3.41. The smallest absolute Gasteiger partial charge is 0.171 e. The molecule has 60 heavy (non-hydrogen) atoms. The van der Waals surface area contributed by atoms with Crippen LogP contribution in [-0.4, -0.2) is 0 Å². The van der Waals surface area contributed by atoms with E-state index in [9.17, 15) is 0 Å². The van der Waals surface area contributed by atoms with Gasteiger partial charge in [0.15, 0.2) is 7.14 Å². The van der Waals surface area contributed by atoms with Crippen LogP contribution in [0.3, 0.4) is 0 Å². The number of hydrogen-bond donors (Lipinski definition) is 0. The quantitative estimate of drug-likeness (QED) is 0.159. The molecule has 2 heteroatoms. The zero-order valence-corrected chi connectivity index (χ0v) is 33.8. The maximum atomic E-state index is 16.8. The second-order valence-electron chi connectivity index (χ2n) is 16.9. The van der Waals surface area contributed by atoms with Gasteiger partial charge in [-0.3, -0.25) is 0 Å². The van der Waals surface area contributed by atoms with E-state index in [1.54, 1.807) is 0 Å². The number of fused-ring (bicyclic) bond motifs is 12. The summed E-state index contributed by atoms with van der Waals surface area (Å²) in [4.78, 5) is 0. The third-order valence-electron chi connectivity index (χ3n) is 14.2. The van der Waals surface area contributed by atoms with Gasteiger partial charge in [0.2, 0.25) is 0 Å². The van der Waals surface area contributed by atoms with Gasteiger partial charge in [-0.1, -0.05) is 200 Å². The molecule has 0 amide bonds. The van der Waals surface area contributed by atoms with Gasteiger partial charge in [0.25, 0.3) is 0 Å². The third kappa shape index (κ3) is 4.62. The number of benzene rings is 9. The fourth-order valence-corrected chi connectivity index (χ4v) is 14.5. The molecule has 9 aromatic rings. The zero-order chi connectivity index (χ0) is 39.5. The Kier molecular flexibility index (Phi) is 7.31. The summed E-state index contributed by atoms with van der Waals surface area (Å²) >= 11 is 0. The van der Waals surface area contributed by atoms with Crippen molar-refractivity contribution in [2.24, 2.45) is 0 Å². The molecular weight excluding hydrogens is 744 g/mol. The van der Waals surface area contributed by atoms with Gasteiger partial charge in [-0.15, -0.1) is 0 Å². The molecule has 0 saturated heterocycles. The van der Waals surface area contributed by atoms with Crippen molar-refractivity contribution in [2.45, 2.75) is 23.7 Å². The van der Waals surface area contributed by atoms with E-state index in [2.05, 4.69) is 194 Å². The summed E-state index contributed by atoms with van der Waals surface area (Å²) in [5.74, 6) is 0.434. The minimum atomic E-state index is -3.41. The molecule has 0 fully saturated rings. The largest absolute Gasteiger partial charge is 0.309 e. The second kappa shape index (κ2) is 12.9. The Morgan fingerprint density at radius 1 is 0.233 bits per heavy atom. The normalized spacial score (nSPS) is 17.4. The number of hydrogen-bond acceptors (Lipinski definition) is 1. The van der Waals surface area contributed by atoms with Crippen molar-refractivity contribution >= 4 is 23.1 Å². The van der Waals surface area contributed by atoms with Crippen molar-refractivity contribution in [2.75, 3.05) is 0 Å². The Balaban J connectivity index is 1.02. The van der Waals surface area contributed by atoms with E-state index in [1.807, 2.05) is 18.2 Å². The molecule has 1 nitrogen and oxygen atoms in total. The average molecular weight is 783 g/mol. The lowest BCUT2D eigenvalue weighted by Crippen LogP contribution is -2.26. The molecule has 0 aromatic heterocycles. The minimum Gasteiger partial charge on any atom is -0.309 e. The first-order valence-corrected chi connectivity index (χ1v) is 22.9. The third-order valence-corrected chi connectivity index (χ3v) is 17.2. The fourth-order valence-electron chi connectivity index (χ4n) is 11.8. The summed E-state index contributed by atoms with van der Waals surface area (Å²) < 4.78 is 16.8. The minimum absolute atomic E-state index is 0.0755. The molecule has 0 radical (unpaired) electrons. The predicted molar refractivity (Wildman–Crippen MR) is 248 cm³/mol. The van der Waals surface area contributed by atoms with Crippen LogP contribution in [-0.2, 0) is 4.57 Å². The van der Waals surface area contributed by atoms with Crippen LogP contribution >= 0.6 is 7.14 Å². The maximum absolute atomic E-state index is 16.8. The van der Waals surface area contributed by atoms with Gasteiger partial charge in [0.05, 0.1) is 0 Å². The van der Waals surface area contributed by atoms with Crippen molar-refractivity contribution in [3.63, 3.8) is 0 Å². The van der Waals surface area contributed by atoms with Crippen LogP contribution in [0.15, 0.2) is 212 Å². The van der Waals surface area contributed by atoms with E-state index in [-0.39, 0.29) is 23.7 Å². The van der Waals surface area contributed by atoms with Crippen LogP contribution in [0.5, 0.6) is 0 Å². The van der Waals surface area contributed by atoms with Crippen LogP contribution in [0, 0.1) is 0 Å². The van der Waals surface area contributed by atoms with Gasteiger partial charge in [-0.25, -0.2) is 0 Å². The van der Waals surface area contributed by atoms with Gasteiger partial charge in [-0.05, 0) is 101 Å². The highest BCUT2D eigenvalue weighted by atomic mass is 31.2. The van der Waals surface area contributed by atoms with Crippen molar-refractivity contribution in [1.82, 2.24) is 0 Å². The zero-order valence-electron chi connectivity index (χ0n) is 32.9. The van der Waals surface area contributed by atoms with E-state index in [1.165, 1.54) is 89.0 Å². The highest BCUT2D eigenvalue weighted by molar-refractivity contribution is 7.85. The summed E-state index contributed by atoms with van der Waals surface area (Å²) in [5.41, 5.74) is 20.9. The van der Waals surface area contributed by atoms with E-state index in [0.29, 0.717) is 0 Å². The molecule has 13 rings (SSSR count). The molecular formula is C58H39OP. The average Bonchev–Trinajstić information content (AvgIpc) is 4.03. The van der Waals surface area contributed by atoms with Crippen LogP contribution < -0.4 is 15.9 Å². The molecule has 0 N–H and O–H groups in total. The first-order valence-electron chi connectivity index (χ1n) is 21.2. The Hall–Kier alpha value is -6.79. The van der Waals surface area contributed by atoms with Crippen molar-refractivity contribution in [3.8, 4) is 44.5 Å². The maximum Gasteiger partial charge on any atom is 0.171 e. The van der Waals surface area contributed by atoms with E-state index in [4.69, 9.17) is 0 Å². The molecule has 4 aliphatic rings. The SMILES string of the molecule is O=P(c1ccccc1)(c1ccc2c(c1)C(C1c3ccccc3-c3ccccc31)c1ccccc1-2)c1ccc2c(c1)C(C1c3ccccc3-c3ccccc31)c1ccccc1-2. The summed E-state index contributed by atoms with van der Waals surface area (Å²) in [6.45, 7) is 0. The highest BCUT2D eigenvalue weighted by Crippen LogP contribution is 2.61. The number of rotatable bonds is 5. The first kappa shape index (κ1) is 34.1. The van der Waals surface area contributed by atoms with Crippen molar-refractivity contribution < 1.29 is 4.57 Å². The molecule has 9 aromatic carbocycles. The van der Waals surface area contributed by atoms with Gasteiger partial charge >= 0.3 is 0 Å². The lowest BCUT2D eigenvalue weighted by atomic mass is 9.78. The summed E-state index contributed by atoms with van der Waals surface area (Å²) in [6.07, 6.45) is 0. The molecule has 0 saturated carbocycles. The van der Waals surface area contributed by atoms with Gasteiger partial charge in [-0.2, -0.15) is 0 Å². The van der Waals surface area contributed by atoms with Crippen molar-refractivity contribution in [1.29, 1.82) is 0 Å². The Bertz CT molecular complexity index is 3000. The molecule has 0 heterocycles. The van der Waals surface area contributed by atoms with Crippen molar-refractivity contribution in [3.05, 3.63) is 257 Å². The first-order chi connectivity index (χ1) is 29.7. The van der Waals surface area contributed by atoms with Crippen LogP contribution in [0.2, 0.25) is 0 Å². The molecule has 4 aliphatic carbocycles. The Labute approximate surface area is 351 Å². The fraction of sp³-hybridized carbons (Fsp3) is 0.0690. The predicted octanol–water partition coefficient (Wildman–Crippen LogP) is 13.2. The van der Waals surface area contributed by atoms with E-state index in [0.717, 1.165) is 15.9 Å². The van der Waals surface area contributed by atoms with Gasteiger partial charge in [0, 0.05) is 39.6 Å². The second-order valence-corrected chi connectivity index (χ2v) is 19.7. The molecule has 282 valence electrons. The Morgan fingerprint density at radius 3 is 0.800 bits per heavy atom. The van der Waals surface area contributed by atoms with Gasteiger partial charge < -0.3 is 4.57 Å². The van der Waals surface area contributed by atoms with Crippen LogP contribution in [0.1, 0.15) is 68.2 Å². The van der Waals surface area contributed by atoms with Crippen LogP contribution in [0.4, 0.5) is 0 Å². The van der Waals surface area contributed by atoms with Gasteiger partial charge in [0.1, 0.15) is 0 Å². The Morgan fingerprint density at radius 2 is 0.483 bits per heavy atom. The monoisotopic (exact) mass is 782 g/mol. The van der Waals surface area contributed by atoms with E-state index >= 15 is 4.57 Å². The molecule has 0 aliphatic heterocycles. The molecule has 2 unspecified atom stereocenters. The molecule has 2 atom stereocenters. The summed E-state index contributed by atoms with van der Waals surface area (Å²) in [5, 5.41) is 2.62. The van der Waals surface area contributed by atoms with E-state index < -0.39 is 7.14 Å². The standard InChI is InChI=1S/C58H39OP/c59-60(36-16-2-1-3-17-36,37-30-32-45-43-22-8-14-28-51(43)57(53(45)34-37)55-47-24-10-4-18-39(47)40-19-5-11-25-48(40)55)38-31-33-46-44-23-9-15-29-52(44)58(54(46)35-38)56-49-26-12-6-20-41(49)42-21-7-13-27-50(42)56/h1-35,55-58H. The topological polar surface area (TPSA) is 17.1 Å². The summed E-state index contributed by atoms with van der Waals surface area (Å²) in [6, 6.07) is 77.4. The lowest BCUT2D eigenvalue weighted by molar-refractivity contribution is 0.592. The highest BCUT2D eigenvalue weighted by Gasteiger charge is 2.44. The molecule has 0 spiro atoms. The molecule has 0 bridgehead atoms.